The number of likely N-dealkylation sites (tertiary alicyclic amines) is 1. The summed E-state index contributed by atoms with van der Waals surface area (Å²) in [6, 6.07) is 4.76. The third-order valence-electron chi connectivity index (χ3n) is 4.54. The van der Waals surface area contributed by atoms with E-state index in [9.17, 15) is 9.50 Å². The van der Waals surface area contributed by atoms with Crippen molar-refractivity contribution in [1.29, 1.82) is 0 Å². The average molecular weight is 279 g/mol. The van der Waals surface area contributed by atoms with Crippen molar-refractivity contribution in [3.05, 3.63) is 29.6 Å². The zero-order valence-corrected chi connectivity index (χ0v) is 11.9. The van der Waals surface area contributed by atoms with E-state index in [1.807, 2.05) is 6.92 Å². The van der Waals surface area contributed by atoms with Gasteiger partial charge < -0.3 is 9.84 Å². The molecule has 1 fully saturated rings. The van der Waals surface area contributed by atoms with Gasteiger partial charge >= 0.3 is 0 Å². The van der Waals surface area contributed by atoms with Crippen molar-refractivity contribution in [2.75, 3.05) is 19.6 Å². The molecular formula is C16H22FNO2. The van der Waals surface area contributed by atoms with Crippen LogP contribution < -0.4 is 4.74 Å². The molecule has 1 N–H and O–H groups in total. The normalized spacial score (nSPS) is 25.2. The molecule has 2 heterocycles. The molecule has 0 aromatic heterocycles. The number of aliphatic hydroxyl groups is 1. The van der Waals surface area contributed by atoms with Gasteiger partial charge in [0.15, 0.2) is 0 Å². The fourth-order valence-corrected chi connectivity index (χ4v) is 3.30. The van der Waals surface area contributed by atoms with Crippen LogP contribution in [0.5, 0.6) is 5.75 Å². The molecule has 2 aliphatic rings. The molecule has 0 amide bonds. The minimum atomic E-state index is -0.202. The minimum absolute atomic E-state index is 0.134. The SMILES string of the molecule is CC(O)C1CCN(CC2Cc3cc(F)ccc3O2)CC1. The Kier molecular flexibility index (Phi) is 3.94. The molecule has 110 valence electrons. The fraction of sp³-hybridized carbons (Fsp3) is 0.625. The molecule has 0 radical (unpaired) electrons. The van der Waals surface area contributed by atoms with Crippen LogP contribution >= 0.6 is 0 Å². The van der Waals surface area contributed by atoms with Crippen molar-refractivity contribution in [1.82, 2.24) is 4.90 Å². The number of nitrogens with zero attached hydrogens (tertiary/aromatic N) is 1. The summed E-state index contributed by atoms with van der Waals surface area (Å²) in [7, 11) is 0. The zero-order chi connectivity index (χ0) is 14.1. The number of rotatable bonds is 3. The van der Waals surface area contributed by atoms with Gasteiger partial charge in [0, 0.05) is 18.5 Å². The first-order valence-corrected chi connectivity index (χ1v) is 7.47. The lowest BCUT2D eigenvalue weighted by atomic mass is 9.92. The smallest absolute Gasteiger partial charge is 0.123 e. The second-order valence-electron chi connectivity index (χ2n) is 6.07. The summed E-state index contributed by atoms with van der Waals surface area (Å²) in [6.45, 7) is 4.80. The number of benzene rings is 1. The largest absolute Gasteiger partial charge is 0.488 e. The Hall–Kier alpha value is -1.13. The number of hydrogen-bond donors (Lipinski definition) is 1. The highest BCUT2D eigenvalue weighted by molar-refractivity contribution is 5.37. The summed E-state index contributed by atoms with van der Waals surface area (Å²) < 4.78 is 19.1. The van der Waals surface area contributed by atoms with Crippen molar-refractivity contribution in [2.45, 2.75) is 38.4 Å². The first-order chi connectivity index (χ1) is 9.61. The van der Waals surface area contributed by atoms with E-state index in [1.54, 1.807) is 12.1 Å². The molecule has 0 saturated carbocycles. The Balaban J connectivity index is 1.52. The van der Waals surface area contributed by atoms with Gasteiger partial charge in [-0.1, -0.05) is 0 Å². The summed E-state index contributed by atoms with van der Waals surface area (Å²) in [5, 5.41) is 9.61. The number of aliphatic hydroxyl groups excluding tert-OH is 1. The van der Waals surface area contributed by atoms with E-state index >= 15 is 0 Å². The molecule has 2 atom stereocenters. The molecule has 1 aromatic rings. The minimum Gasteiger partial charge on any atom is -0.488 e. The van der Waals surface area contributed by atoms with Crippen LogP contribution in [0.25, 0.3) is 0 Å². The predicted octanol–water partition coefficient (Wildman–Crippen LogP) is 2.22. The van der Waals surface area contributed by atoms with Crippen LogP contribution in [-0.2, 0) is 6.42 Å². The van der Waals surface area contributed by atoms with Crippen molar-refractivity contribution in [3.8, 4) is 5.75 Å². The Morgan fingerprint density at radius 2 is 2.15 bits per heavy atom. The van der Waals surface area contributed by atoms with E-state index in [1.165, 1.54) is 6.07 Å². The second kappa shape index (κ2) is 5.70. The highest BCUT2D eigenvalue weighted by Crippen LogP contribution is 2.30. The molecule has 0 spiro atoms. The number of piperidine rings is 1. The van der Waals surface area contributed by atoms with Crippen LogP contribution in [0.15, 0.2) is 18.2 Å². The van der Waals surface area contributed by atoms with Crippen LogP contribution in [0.1, 0.15) is 25.3 Å². The molecule has 3 rings (SSSR count). The average Bonchev–Trinajstić information content (AvgIpc) is 2.80. The third kappa shape index (κ3) is 2.96. The molecule has 20 heavy (non-hydrogen) atoms. The van der Waals surface area contributed by atoms with Crippen molar-refractivity contribution in [3.63, 3.8) is 0 Å². The number of halogens is 1. The second-order valence-corrected chi connectivity index (χ2v) is 6.07. The van der Waals surface area contributed by atoms with Crippen LogP contribution in [-0.4, -0.2) is 41.8 Å². The van der Waals surface area contributed by atoms with E-state index in [0.717, 1.165) is 50.2 Å². The molecule has 1 aromatic carbocycles. The molecule has 4 heteroatoms. The lowest BCUT2D eigenvalue weighted by molar-refractivity contribution is 0.0578. The lowest BCUT2D eigenvalue weighted by Gasteiger charge is -2.34. The van der Waals surface area contributed by atoms with Gasteiger partial charge in [-0.3, -0.25) is 4.90 Å². The van der Waals surface area contributed by atoms with Gasteiger partial charge in [0.05, 0.1) is 6.10 Å². The van der Waals surface area contributed by atoms with Gasteiger partial charge in [-0.05, 0) is 57.0 Å². The van der Waals surface area contributed by atoms with Crippen LogP contribution in [0.3, 0.4) is 0 Å². The maximum atomic E-state index is 13.2. The summed E-state index contributed by atoms with van der Waals surface area (Å²) in [4.78, 5) is 2.39. The van der Waals surface area contributed by atoms with Crippen LogP contribution in [0, 0.1) is 11.7 Å². The Morgan fingerprint density at radius 1 is 1.40 bits per heavy atom. The molecule has 3 nitrogen and oxygen atoms in total. The monoisotopic (exact) mass is 279 g/mol. The number of fused-ring (bicyclic) bond motifs is 1. The quantitative estimate of drug-likeness (QED) is 0.921. The first-order valence-electron chi connectivity index (χ1n) is 7.47. The van der Waals surface area contributed by atoms with E-state index in [-0.39, 0.29) is 18.0 Å². The van der Waals surface area contributed by atoms with Crippen molar-refractivity contribution < 1.29 is 14.2 Å². The van der Waals surface area contributed by atoms with E-state index in [2.05, 4.69) is 4.90 Å². The topological polar surface area (TPSA) is 32.7 Å². The lowest BCUT2D eigenvalue weighted by Crippen LogP contribution is -2.42. The van der Waals surface area contributed by atoms with E-state index in [4.69, 9.17) is 4.74 Å². The fourth-order valence-electron chi connectivity index (χ4n) is 3.30. The number of ether oxygens (including phenoxy) is 1. The summed E-state index contributed by atoms with van der Waals surface area (Å²) in [6.07, 6.45) is 2.82. The van der Waals surface area contributed by atoms with E-state index in [0.29, 0.717) is 5.92 Å². The van der Waals surface area contributed by atoms with Gasteiger partial charge in [0.2, 0.25) is 0 Å². The highest BCUT2D eigenvalue weighted by Gasteiger charge is 2.28. The van der Waals surface area contributed by atoms with Crippen LogP contribution in [0.2, 0.25) is 0 Å². The van der Waals surface area contributed by atoms with Gasteiger partial charge in [-0.25, -0.2) is 4.39 Å². The first kappa shape index (κ1) is 13.8. The molecule has 0 bridgehead atoms. The van der Waals surface area contributed by atoms with Crippen LogP contribution in [0.4, 0.5) is 4.39 Å². The van der Waals surface area contributed by atoms with Gasteiger partial charge in [-0.2, -0.15) is 0 Å². The zero-order valence-electron chi connectivity index (χ0n) is 11.9. The highest BCUT2D eigenvalue weighted by atomic mass is 19.1. The maximum absolute atomic E-state index is 13.2. The van der Waals surface area contributed by atoms with E-state index < -0.39 is 0 Å². The predicted molar refractivity (Wildman–Crippen MR) is 75.4 cm³/mol. The van der Waals surface area contributed by atoms with Gasteiger partial charge in [0.1, 0.15) is 17.7 Å². The summed E-state index contributed by atoms with van der Waals surface area (Å²) >= 11 is 0. The molecular weight excluding hydrogens is 257 g/mol. The summed E-state index contributed by atoms with van der Waals surface area (Å²) in [5.74, 6) is 1.07. The van der Waals surface area contributed by atoms with Gasteiger partial charge in [-0.15, -0.1) is 0 Å². The Morgan fingerprint density at radius 3 is 2.85 bits per heavy atom. The Labute approximate surface area is 119 Å². The molecule has 0 aliphatic carbocycles. The Bertz CT molecular complexity index is 470. The summed E-state index contributed by atoms with van der Waals surface area (Å²) in [5.41, 5.74) is 0.980. The standard InChI is InChI=1S/C16H22FNO2/c1-11(19)12-4-6-18(7-5-12)10-15-9-13-8-14(17)2-3-16(13)20-15/h2-3,8,11-12,15,19H,4-7,9-10H2,1H3. The molecule has 1 saturated heterocycles. The van der Waals surface area contributed by atoms with Gasteiger partial charge in [0.25, 0.3) is 0 Å². The third-order valence-corrected chi connectivity index (χ3v) is 4.54. The van der Waals surface area contributed by atoms with Crippen molar-refractivity contribution >= 4 is 0 Å². The number of hydrogen-bond acceptors (Lipinski definition) is 3. The molecule has 2 unspecified atom stereocenters. The molecule has 2 aliphatic heterocycles. The van der Waals surface area contributed by atoms with Crippen molar-refractivity contribution in [2.24, 2.45) is 5.92 Å². The maximum Gasteiger partial charge on any atom is 0.123 e.